The largest absolute Gasteiger partial charge is 0.354 e. The van der Waals surface area contributed by atoms with Gasteiger partial charge in [0.15, 0.2) is 0 Å². The number of nitrogens with one attached hydrogen (secondary N) is 2. The number of nitrogens with zero attached hydrogens (tertiary/aromatic N) is 1. The van der Waals surface area contributed by atoms with Crippen LogP contribution >= 0.6 is 0 Å². The average molecular weight is 351 g/mol. The first-order chi connectivity index (χ1) is 11.5. The summed E-state index contributed by atoms with van der Waals surface area (Å²) in [6.45, 7) is 9.25. The van der Waals surface area contributed by atoms with Crippen molar-refractivity contribution in [1.82, 2.24) is 15.5 Å². The Morgan fingerprint density at radius 2 is 1.72 bits per heavy atom. The quantitative estimate of drug-likeness (QED) is 0.755. The van der Waals surface area contributed by atoms with Gasteiger partial charge in [0.05, 0.1) is 0 Å². The van der Waals surface area contributed by atoms with Crippen LogP contribution in [0.15, 0.2) is 24.3 Å². The highest BCUT2D eigenvalue weighted by Crippen LogP contribution is 2.15. The highest BCUT2D eigenvalue weighted by atomic mass is 19.1. The minimum absolute atomic E-state index is 0.0682. The van der Waals surface area contributed by atoms with Gasteiger partial charge in [-0.05, 0) is 49.7 Å². The van der Waals surface area contributed by atoms with E-state index in [2.05, 4.69) is 29.4 Å². The zero-order valence-corrected chi connectivity index (χ0v) is 16.0. The monoisotopic (exact) mass is 351 g/mol. The van der Waals surface area contributed by atoms with E-state index in [0.717, 1.165) is 6.54 Å². The standard InChI is InChI=1S/C19H30FN3O2/c1-13(2)16(18(25)21-11-19(3,4)12-23(5)6)22-17(24)14-7-9-15(20)10-8-14/h7-10,13,16H,11-12H2,1-6H3,(H,21,25)(H,22,24)/t16-/m1/s1. The van der Waals surface area contributed by atoms with Crippen LogP contribution in [-0.2, 0) is 4.79 Å². The normalized spacial score (nSPS) is 13.0. The molecule has 0 aliphatic carbocycles. The Balaban J connectivity index is 2.71. The molecule has 140 valence electrons. The van der Waals surface area contributed by atoms with Crippen molar-refractivity contribution in [3.63, 3.8) is 0 Å². The van der Waals surface area contributed by atoms with E-state index in [1.54, 1.807) is 0 Å². The van der Waals surface area contributed by atoms with Gasteiger partial charge < -0.3 is 15.5 Å². The molecule has 0 aliphatic heterocycles. The minimum atomic E-state index is -0.646. The van der Waals surface area contributed by atoms with Gasteiger partial charge in [-0.2, -0.15) is 0 Å². The number of amides is 2. The van der Waals surface area contributed by atoms with E-state index in [1.807, 2.05) is 27.9 Å². The van der Waals surface area contributed by atoms with Crippen LogP contribution in [-0.4, -0.2) is 49.9 Å². The van der Waals surface area contributed by atoms with Crippen molar-refractivity contribution in [3.8, 4) is 0 Å². The lowest BCUT2D eigenvalue weighted by atomic mass is 9.92. The van der Waals surface area contributed by atoms with Gasteiger partial charge >= 0.3 is 0 Å². The molecule has 1 atom stereocenters. The smallest absolute Gasteiger partial charge is 0.251 e. The van der Waals surface area contributed by atoms with Gasteiger partial charge in [-0.15, -0.1) is 0 Å². The fourth-order valence-electron chi connectivity index (χ4n) is 2.71. The molecule has 0 aromatic heterocycles. The molecule has 6 heteroatoms. The lowest BCUT2D eigenvalue weighted by Gasteiger charge is -2.30. The molecule has 0 saturated carbocycles. The van der Waals surface area contributed by atoms with Crippen LogP contribution in [0.5, 0.6) is 0 Å². The molecule has 0 heterocycles. The molecule has 2 amide bonds. The van der Waals surface area contributed by atoms with Crippen molar-refractivity contribution in [2.24, 2.45) is 11.3 Å². The molecule has 0 bridgehead atoms. The highest BCUT2D eigenvalue weighted by Gasteiger charge is 2.27. The molecular weight excluding hydrogens is 321 g/mol. The van der Waals surface area contributed by atoms with Crippen molar-refractivity contribution in [2.45, 2.75) is 33.7 Å². The molecule has 0 unspecified atom stereocenters. The molecular formula is C19H30FN3O2. The fraction of sp³-hybridized carbons (Fsp3) is 0.579. The molecule has 1 aromatic rings. The maximum absolute atomic E-state index is 13.0. The fourth-order valence-corrected chi connectivity index (χ4v) is 2.71. The third-order valence-electron chi connectivity index (χ3n) is 3.83. The van der Waals surface area contributed by atoms with E-state index < -0.39 is 11.9 Å². The molecule has 0 fully saturated rings. The summed E-state index contributed by atoms with van der Waals surface area (Å²) in [6.07, 6.45) is 0. The molecule has 1 rings (SSSR count). The average Bonchev–Trinajstić information content (AvgIpc) is 2.49. The number of benzene rings is 1. The highest BCUT2D eigenvalue weighted by molar-refractivity contribution is 5.97. The van der Waals surface area contributed by atoms with Gasteiger partial charge in [0, 0.05) is 18.7 Å². The maximum atomic E-state index is 13.0. The van der Waals surface area contributed by atoms with E-state index in [4.69, 9.17) is 0 Å². The van der Waals surface area contributed by atoms with Crippen LogP contribution in [0.1, 0.15) is 38.1 Å². The second-order valence-corrected chi connectivity index (χ2v) is 7.82. The number of rotatable bonds is 8. The number of halogens is 1. The topological polar surface area (TPSA) is 61.4 Å². The third-order valence-corrected chi connectivity index (χ3v) is 3.83. The molecule has 0 aliphatic rings. The van der Waals surface area contributed by atoms with Crippen LogP contribution in [0.2, 0.25) is 0 Å². The number of hydrogen-bond acceptors (Lipinski definition) is 3. The summed E-state index contributed by atoms with van der Waals surface area (Å²) in [5, 5.41) is 5.68. The predicted molar refractivity (Wildman–Crippen MR) is 97.8 cm³/mol. The van der Waals surface area contributed by atoms with Crippen LogP contribution in [0.4, 0.5) is 4.39 Å². The first-order valence-electron chi connectivity index (χ1n) is 8.51. The Hall–Kier alpha value is -1.95. The Morgan fingerprint density at radius 1 is 1.16 bits per heavy atom. The van der Waals surface area contributed by atoms with Crippen molar-refractivity contribution in [2.75, 3.05) is 27.2 Å². The minimum Gasteiger partial charge on any atom is -0.354 e. The molecule has 5 nitrogen and oxygen atoms in total. The van der Waals surface area contributed by atoms with Crippen LogP contribution < -0.4 is 10.6 Å². The van der Waals surface area contributed by atoms with E-state index in [0.29, 0.717) is 12.1 Å². The summed E-state index contributed by atoms with van der Waals surface area (Å²) >= 11 is 0. The summed E-state index contributed by atoms with van der Waals surface area (Å²) in [4.78, 5) is 26.9. The summed E-state index contributed by atoms with van der Waals surface area (Å²) in [5.41, 5.74) is 0.245. The summed E-state index contributed by atoms with van der Waals surface area (Å²) in [7, 11) is 3.98. The number of hydrogen-bond donors (Lipinski definition) is 2. The van der Waals surface area contributed by atoms with E-state index in [1.165, 1.54) is 24.3 Å². The predicted octanol–water partition coefficient (Wildman–Crippen LogP) is 2.28. The Morgan fingerprint density at radius 3 is 2.20 bits per heavy atom. The van der Waals surface area contributed by atoms with Crippen molar-refractivity contribution >= 4 is 11.8 Å². The molecule has 0 spiro atoms. The van der Waals surface area contributed by atoms with E-state index >= 15 is 0 Å². The molecule has 0 radical (unpaired) electrons. The van der Waals surface area contributed by atoms with Gasteiger partial charge in [-0.3, -0.25) is 9.59 Å². The Kier molecular flexibility index (Phi) is 7.55. The molecule has 25 heavy (non-hydrogen) atoms. The maximum Gasteiger partial charge on any atom is 0.251 e. The summed E-state index contributed by atoms with van der Waals surface area (Å²) in [6, 6.07) is 4.61. The second-order valence-electron chi connectivity index (χ2n) is 7.82. The zero-order chi connectivity index (χ0) is 19.2. The van der Waals surface area contributed by atoms with Gasteiger partial charge in [0.2, 0.25) is 5.91 Å². The van der Waals surface area contributed by atoms with Crippen molar-refractivity contribution < 1.29 is 14.0 Å². The SMILES string of the molecule is CC(C)[C@@H](NC(=O)c1ccc(F)cc1)C(=O)NCC(C)(C)CN(C)C. The summed E-state index contributed by atoms with van der Waals surface area (Å²) < 4.78 is 13.0. The van der Waals surface area contributed by atoms with Crippen LogP contribution in [0.25, 0.3) is 0 Å². The van der Waals surface area contributed by atoms with Crippen LogP contribution in [0.3, 0.4) is 0 Å². The first-order valence-corrected chi connectivity index (χ1v) is 8.51. The van der Waals surface area contributed by atoms with Crippen molar-refractivity contribution in [3.05, 3.63) is 35.6 Å². The second kappa shape index (κ2) is 8.94. The molecule has 1 aromatic carbocycles. The lowest BCUT2D eigenvalue weighted by molar-refractivity contribution is -0.124. The first kappa shape index (κ1) is 21.1. The Labute approximate surface area is 150 Å². The van der Waals surface area contributed by atoms with Gasteiger partial charge in [-0.1, -0.05) is 27.7 Å². The molecule has 0 saturated heterocycles. The number of carbonyl (C=O) groups excluding carboxylic acids is 2. The number of carbonyl (C=O) groups is 2. The lowest BCUT2D eigenvalue weighted by Crippen LogP contribution is -2.52. The molecule has 2 N–H and O–H groups in total. The van der Waals surface area contributed by atoms with E-state index in [-0.39, 0.29) is 23.1 Å². The van der Waals surface area contributed by atoms with Crippen LogP contribution in [0, 0.1) is 17.2 Å². The van der Waals surface area contributed by atoms with Gasteiger partial charge in [-0.25, -0.2) is 4.39 Å². The van der Waals surface area contributed by atoms with Gasteiger partial charge in [0.1, 0.15) is 11.9 Å². The Bertz CT molecular complexity index is 583. The van der Waals surface area contributed by atoms with Gasteiger partial charge in [0.25, 0.3) is 5.91 Å². The van der Waals surface area contributed by atoms with E-state index in [9.17, 15) is 14.0 Å². The zero-order valence-electron chi connectivity index (χ0n) is 16.0. The third kappa shape index (κ3) is 7.22. The van der Waals surface area contributed by atoms with Crippen molar-refractivity contribution in [1.29, 1.82) is 0 Å². The summed E-state index contributed by atoms with van der Waals surface area (Å²) in [5.74, 6) is -1.07.